The van der Waals surface area contributed by atoms with Crippen LogP contribution in [-0.4, -0.2) is 17.1 Å². The van der Waals surface area contributed by atoms with Gasteiger partial charge >= 0.3 is 0 Å². The van der Waals surface area contributed by atoms with E-state index in [-0.39, 0.29) is 5.91 Å². The Balaban J connectivity index is 1.63. The van der Waals surface area contributed by atoms with Gasteiger partial charge in [0.1, 0.15) is 11.5 Å². The Labute approximate surface area is 145 Å². The van der Waals surface area contributed by atoms with Gasteiger partial charge in [-0.3, -0.25) is 9.78 Å². The average molecular weight is 329 g/mol. The summed E-state index contributed by atoms with van der Waals surface area (Å²) < 4.78 is 5.90. The number of nitrogens with zero attached hydrogens (tertiary/aromatic N) is 2. The van der Waals surface area contributed by atoms with E-state index in [0.29, 0.717) is 11.5 Å². The molecule has 1 amide bonds. The molecule has 5 nitrogen and oxygen atoms in total. The van der Waals surface area contributed by atoms with E-state index in [2.05, 4.69) is 15.5 Å². The number of para-hydroxylation sites is 2. The van der Waals surface area contributed by atoms with Crippen molar-refractivity contribution in [2.45, 2.75) is 5.92 Å². The molecule has 0 saturated carbocycles. The SMILES string of the molecule is O=C(N/N=C\c1cccnc1)C1c2ccccc2Oc2ccccc21. The zero-order chi connectivity index (χ0) is 17.1. The molecule has 0 unspecified atom stereocenters. The Morgan fingerprint density at radius 1 is 1.00 bits per heavy atom. The van der Waals surface area contributed by atoms with Crippen LogP contribution in [0.15, 0.2) is 78.2 Å². The first-order valence-corrected chi connectivity index (χ1v) is 7.91. The van der Waals surface area contributed by atoms with Crippen molar-refractivity contribution in [2.75, 3.05) is 0 Å². The fraction of sp³-hybridized carbons (Fsp3) is 0.0500. The largest absolute Gasteiger partial charge is 0.457 e. The maximum absolute atomic E-state index is 12.8. The second-order valence-corrected chi connectivity index (χ2v) is 5.63. The smallest absolute Gasteiger partial charge is 0.252 e. The maximum atomic E-state index is 12.8. The van der Waals surface area contributed by atoms with E-state index < -0.39 is 5.92 Å². The lowest BCUT2D eigenvalue weighted by Gasteiger charge is -2.26. The van der Waals surface area contributed by atoms with Crippen molar-refractivity contribution >= 4 is 12.1 Å². The van der Waals surface area contributed by atoms with Crippen LogP contribution < -0.4 is 10.2 Å². The van der Waals surface area contributed by atoms with Gasteiger partial charge in [-0.1, -0.05) is 42.5 Å². The summed E-state index contributed by atoms with van der Waals surface area (Å²) in [6.45, 7) is 0. The molecule has 0 atom stereocenters. The number of hydrogen-bond donors (Lipinski definition) is 1. The van der Waals surface area contributed by atoms with Crippen LogP contribution in [0.5, 0.6) is 11.5 Å². The standard InChI is InChI=1S/C20H15N3O2/c24-20(23-22-13-14-6-5-11-21-12-14)19-15-7-1-3-9-17(15)25-18-10-4-2-8-16(18)19/h1-13,19H,(H,23,24)/b22-13-. The minimum absolute atomic E-state index is 0.205. The van der Waals surface area contributed by atoms with Crippen LogP contribution >= 0.6 is 0 Å². The molecule has 122 valence electrons. The van der Waals surface area contributed by atoms with Gasteiger partial charge in [0.2, 0.25) is 0 Å². The minimum Gasteiger partial charge on any atom is -0.457 e. The monoisotopic (exact) mass is 329 g/mol. The van der Waals surface area contributed by atoms with E-state index in [4.69, 9.17) is 4.74 Å². The molecule has 2 aromatic carbocycles. The summed E-state index contributed by atoms with van der Waals surface area (Å²) in [4.78, 5) is 16.8. The van der Waals surface area contributed by atoms with Crippen molar-refractivity contribution in [1.82, 2.24) is 10.4 Å². The number of hydrazone groups is 1. The number of amides is 1. The number of benzene rings is 2. The third-order valence-electron chi connectivity index (χ3n) is 4.01. The Kier molecular flexibility index (Phi) is 3.96. The molecule has 0 aliphatic carbocycles. The summed E-state index contributed by atoms with van der Waals surface area (Å²) in [7, 11) is 0. The van der Waals surface area contributed by atoms with E-state index in [1.54, 1.807) is 18.6 Å². The van der Waals surface area contributed by atoms with E-state index in [1.165, 1.54) is 0 Å². The van der Waals surface area contributed by atoms with Gasteiger partial charge in [-0.15, -0.1) is 0 Å². The summed E-state index contributed by atoms with van der Waals surface area (Å²) in [6, 6.07) is 18.8. The molecule has 0 spiro atoms. The van der Waals surface area contributed by atoms with E-state index in [9.17, 15) is 4.79 Å². The number of aromatic nitrogens is 1. The van der Waals surface area contributed by atoms with Crippen LogP contribution in [-0.2, 0) is 4.79 Å². The number of carbonyl (C=O) groups is 1. The molecule has 1 N–H and O–H groups in total. The van der Waals surface area contributed by atoms with Crippen molar-refractivity contribution in [3.05, 3.63) is 89.7 Å². The zero-order valence-corrected chi connectivity index (χ0v) is 13.3. The predicted octanol–water partition coefficient (Wildman–Crippen LogP) is 3.47. The molecule has 0 saturated heterocycles. The molecule has 1 aromatic heterocycles. The summed E-state index contributed by atoms with van der Waals surface area (Å²) in [6.07, 6.45) is 4.93. The molecule has 2 heterocycles. The number of ether oxygens (including phenoxy) is 1. The highest BCUT2D eigenvalue weighted by atomic mass is 16.5. The topological polar surface area (TPSA) is 63.6 Å². The quantitative estimate of drug-likeness (QED) is 0.591. The fourth-order valence-electron chi connectivity index (χ4n) is 2.88. The normalized spacial score (nSPS) is 13.0. The Morgan fingerprint density at radius 3 is 2.32 bits per heavy atom. The van der Waals surface area contributed by atoms with Gasteiger partial charge in [0.15, 0.2) is 0 Å². The molecule has 4 rings (SSSR count). The van der Waals surface area contributed by atoms with Crippen LogP contribution in [0.25, 0.3) is 0 Å². The van der Waals surface area contributed by atoms with Gasteiger partial charge in [0, 0.05) is 29.1 Å². The van der Waals surface area contributed by atoms with E-state index in [0.717, 1.165) is 16.7 Å². The molecule has 0 radical (unpaired) electrons. The van der Waals surface area contributed by atoms with Gasteiger partial charge in [-0.2, -0.15) is 5.10 Å². The maximum Gasteiger partial charge on any atom is 0.252 e. The van der Waals surface area contributed by atoms with Gasteiger partial charge in [-0.25, -0.2) is 5.43 Å². The highest BCUT2D eigenvalue weighted by molar-refractivity contribution is 5.90. The summed E-state index contributed by atoms with van der Waals surface area (Å²) in [5, 5.41) is 4.06. The summed E-state index contributed by atoms with van der Waals surface area (Å²) in [5.41, 5.74) is 5.10. The zero-order valence-electron chi connectivity index (χ0n) is 13.3. The third kappa shape index (κ3) is 2.99. The van der Waals surface area contributed by atoms with Crippen molar-refractivity contribution in [3.8, 4) is 11.5 Å². The Morgan fingerprint density at radius 2 is 1.68 bits per heavy atom. The molecular formula is C20H15N3O2. The number of hydrogen-bond acceptors (Lipinski definition) is 4. The molecule has 3 aromatic rings. The number of fused-ring (bicyclic) bond motifs is 2. The Bertz CT molecular complexity index is 893. The van der Waals surface area contributed by atoms with Crippen molar-refractivity contribution in [2.24, 2.45) is 5.10 Å². The van der Waals surface area contributed by atoms with E-state index in [1.807, 2.05) is 60.7 Å². The highest BCUT2D eigenvalue weighted by Crippen LogP contribution is 2.43. The van der Waals surface area contributed by atoms with Crippen LogP contribution in [0.4, 0.5) is 0 Å². The minimum atomic E-state index is -0.466. The molecular weight excluding hydrogens is 314 g/mol. The van der Waals surface area contributed by atoms with Crippen molar-refractivity contribution in [3.63, 3.8) is 0 Å². The number of nitrogens with one attached hydrogen (secondary N) is 1. The molecule has 1 aliphatic rings. The molecule has 1 aliphatic heterocycles. The van der Waals surface area contributed by atoms with Crippen molar-refractivity contribution < 1.29 is 9.53 Å². The summed E-state index contributed by atoms with van der Waals surface area (Å²) in [5.74, 6) is 0.714. The first-order valence-electron chi connectivity index (χ1n) is 7.91. The van der Waals surface area contributed by atoms with E-state index >= 15 is 0 Å². The summed E-state index contributed by atoms with van der Waals surface area (Å²) >= 11 is 0. The number of pyridine rings is 1. The van der Waals surface area contributed by atoms with Crippen LogP contribution in [0.1, 0.15) is 22.6 Å². The lowest BCUT2D eigenvalue weighted by atomic mass is 9.87. The van der Waals surface area contributed by atoms with Crippen LogP contribution in [0.2, 0.25) is 0 Å². The Hall–Kier alpha value is -3.47. The highest BCUT2D eigenvalue weighted by Gasteiger charge is 2.32. The number of carbonyl (C=O) groups excluding carboxylic acids is 1. The molecule has 5 heteroatoms. The third-order valence-corrected chi connectivity index (χ3v) is 4.01. The van der Waals surface area contributed by atoms with Crippen LogP contribution in [0.3, 0.4) is 0 Å². The van der Waals surface area contributed by atoms with Crippen LogP contribution in [0, 0.1) is 0 Å². The molecule has 0 bridgehead atoms. The number of rotatable bonds is 3. The van der Waals surface area contributed by atoms with Gasteiger partial charge in [-0.05, 0) is 18.2 Å². The van der Waals surface area contributed by atoms with Gasteiger partial charge in [0.05, 0.1) is 12.1 Å². The molecule has 0 fully saturated rings. The fourth-order valence-corrected chi connectivity index (χ4v) is 2.88. The second-order valence-electron chi connectivity index (χ2n) is 5.63. The first-order chi connectivity index (χ1) is 12.3. The van der Waals surface area contributed by atoms with Gasteiger partial charge in [0.25, 0.3) is 5.91 Å². The predicted molar refractivity (Wildman–Crippen MR) is 94.8 cm³/mol. The lowest BCUT2D eigenvalue weighted by molar-refractivity contribution is -0.121. The van der Waals surface area contributed by atoms with Crippen molar-refractivity contribution in [1.29, 1.82) is 0 Å². The lowest BCUT2D eigenvalue weighted by Crippen LogP contribution is -2.28. The second kappa shape index (κ2) is 6.57. The van der Waals surface area contributed by atoms with Gasteiger partial charge < -0.3 is 4.74 Å². The average Bonchev–Trinajstić information content (AvgIpc) is 2.66. The first kappa shape index (κ1) is 15.1. The molecule has 25 heavy (non-hydrogen) atoms.